The average Bonchev–Trinajstić information content (AvgIpc) is 2.59. The number of benzene rings is 1. The quantitative estimate of drug-likeness (QED) is 0.635. The first-order chi connectivity index (χ1) is 9.54. The van der Waals surface area contributed by atoms with Crippen molar-refractivity contribution >= 4 is 23.0 Å². The monoisotopic (exact) mass is 297 g/mol. The predicted octanol–water partition coefficient (Wildman–Crippen LogP) is 3.17. The lowest BCUT2D eigenvalue weighted by Crippen LogP contribution is -2.40. The normalized spacial score (nSPS) is 20.8. The topological polar surface area (TPSA) is 49.6 Å². The van der Waals surface area contributed by atoms with Gasteiger partial charge in [0.25, 0.3) is 0 Å². The number of nitro groups is 1. The predicted molar refractivity (Wildman–Crippen MR) is 81.6 cm³/mol. The molecule has 1 atom stereocenters. The van der Waals surface area contributed by atoms with Gasteiger partial charge < -0.3 is 9.80 Å². The summed E-state index contributed by atoms with van der Waals surface area (Å²) in [5, 5.41) is 11.5. The zero-order chi connectivity index (χ0) is 14.7. The molecule has 6 heteroatoms. The van der Waals surface area contributed by atoms with Gasteiger partial charge in [0.1, 0.15) is 10.7 Å². The van der Waals surface area contributed by atoms with Crippen LogP contribution in [0.4, 0.5) is 11.4 Å². The van der Waals surface area contributed by atoms with E-state index in [0.29, 0.717) is 5.69 Å². The molecule has 0 saturated carbocycles. The molecule has 20 heavy (non-hydrogen) atoms. The van der Waals surface area contributed by atoms with Crippen LogP contribution >= 0.6 is 11.6 Å². The van der Waals surface area contributed by atoms with Crippen LogP contribution in [0.1, 0.15) is 19.8 Å². The molecule has 0 aromatic heterocycles. The molecular weight excluding hydrogens is 278 g/mol. The summed E-state index contributed by atoms with van der Waals surface area (Å²) in [6.45, 7) is 4.87. The van der Waals surface area contributed by atoms with Crippen molar-refractivity contribution < 1.29 is 4.92 Å². The third-order valence-electron chi connectivity index (χ3n) is 3.83. The van der Waals surface area contributed by atoms with Crippen molar-refractivity contribution in [1.29, 1.82) is 0 Å². The first kappa shape index (κ1) is 15.1. The summed E-state index contributed by atoms with van der Waals surface area (Å²) < 4.78 is 0. The smallest absolute Gasteiger partial charge is 0.310 e. The molecule has 0 radical (unpaired) electrons. The molecule has 1 aliphatic heterocycles. The molecule has 1 heterocycles. The Morgan fingerprint density at radius 2 is 2.20 bits per heavy atom. The SMILES string of the molecule is CCC1CN(C)CCCN1c1cccc(Cl)c1[N+](=O)[O-]. The van der Waals surface area contributed by atoms with Crippen molar-refractivity contribution in [3.05, 3.63) is 33.3 Å². The fourth-order valence-corrected chi connectivity index (χ4v) is 3.06. The Bertz CT molecular complexity index is 495. The van der Waals surface area contributed by atoms with Gasteiger partial charge in [-0.05, 0) is 38.6 Å². The first-order valence-corrected chi connectivity index (χ1v) is 7.30. The zero-order valence-electron chi connectivity index (χ0n) is 11.9. The molecule has 0 bridgehead atoms. The van der Waals surface area contributed by atoms with Crippen LogP contribution in [-0.4, -0.2) is 42.5 Å². The van der Waals surface area contributed by atoms with Crippen LogP contribution < -0.4 is 4.90 Å². The van der Waals surface area contributed by atoms with Crippen molar-refractivity contribution in [3.63, 3.8) is 0 Å². The van der Waals surface area contributed by atoms with E-state index in [2.05, 4.69) is 23.8 Å². The molecule has 1 aromatic carbocycles. The van der Waals surface area contributed by atoms with E-state index in [1.807, 2.05) is 0 Å². The molecule has 1 fully saturated rings. The Morgan fingerprint density at radius 3 is 2.85 bits per heavy atom. The highest BCUT2D eigenvalue weighted by Crippen LogP contribution is 2.36. The molecule has 0 N–H and O–H groups in total. The van der Waals surface area contributed by atoms with Crippen molar-refractivity contribution in [2.75, 3.05) is 31.6 Å². The number of halogens is 1. The van der Waals surface area contributed by atoms with E-state index in [4.69, 9.17) is 11.6 Å². The lowest BCUT2D eigenvalue weighted by molar-refractivity contribution is -0.384. The number of hydrogen-bond donors (Lipinski definition) is 0. The van der Waals surface area contributed by atoms with Crippen molar-refractivity contribution in [1.82, 2.24) is 4.90 Å². The van der Waals surface area contributed by atoms with E-state index in [1.165, 1.54) is 0 Å². The van der Waals surface area contributed by atoms with Gasteiger partial charge in [0.05, 0.1) is 4.92 Å². The van der Waals surface area contributed by atoms with Crippen LogP contribution in [0.25, 0.3) is 0 Å². The Hall–Kier alpha value is -1.33. The minimum atomic E-state index is -0.376. The standard InChI is InChI=1S/C14H20ClN3O2/c1-3-11-10-16(2)8-5-9-17(11)13-7-4-6-12(15)14(13)18(19)20/h4,6-7,11H,3,5,8-10H2,1-2H3. The van der Waals surface area contributed by atoms with Crippen LogP contribution in [0.3, 0.4) is 0 Å². The lowest BCUT2D eigenvalue weighted by atomic mass is 10.1. The molecule has 1 aliphatic rings. The molecule has 2 rings (SSSR count). The average molecular weight is 298 g/mol. The summed E-state index contributed by atoms with van der Waals surface area (Å²) >= 11 is 6.03. The van der Waals surface area contributed by atoms with Gasteiger partial charge in [-0.1, -0.05) is 24.6 Å². The first-order valence-electron chi connectivity index (χ1n) is 6.92. The Kier molecular flexibility index (Phi) is 4.83. The number of rotatable bonds is 3. The van der Waals surface area contributed by atoms with Crippen LogP contribution in [0, 0.1) is 10.1 Å². The fraction of sp³-hybridized carbons (Fsp3) is 0.571. The van der Waals surface area contributed by atoms with E-state index in [-0.39, 0.29) is 21.7 Å². The highest BCUT2D eigenvalue weighted by atomic mass is 35.5. The molecule has 1 aromatic rings. The highest BCUT2D eigenvalue weighted by molar-refractivity contribution is 6.33. The molecule has 1 saturated heterocycles. The van der Waals surface area contributed by atoms with E-state index < -0.39 is 0 Å². The maximum atomic E-state index is 11.3. The highest BCUT2D eigenvalue weighted by Gasteiger charge is 2.29. The Labute approximate surface area is 124 Å². The number of likely N-dealkylation sites (N-methyl/N-ethyl adjacent to an activating group) is 1. The van der Waals surface area contributed by atoms with Crippen molar-refractivity contribution in [2.24, 2.45) is 0 Å². The Morgan fingerprint density at radius 1 is 1.45 bits per heavy atom. The van der Waals surface area contributed by atoms with Gasteiger partial charge in [-0.2, -0.15) is 0 Å². The molecule has 5 nitrogen and oxygen atoms in total. The molecule has 0 aliphatic carbocycles. The molecule has 110 valence electrons. The van der Waals surface area contributed by atoms with Gasteiger partial charge in [0.15, 0.2) is 0 Å². The summed E-state index contributed by atoms with van der Waals surface area (Å²) in [6.07, 6.45) is 1.95. The second-order valence-corrected chi connectivity index (χ2v) is 5.64. The third-order valence-corrected chi connectivity index (χ3v) is 4.14. The van der Waals surface area contributed by atoms with E-state index in [9.17, 15) is 10.1 Å². The number of nitrogens with zero attached hydrogens (tertiary/aromatic N) is 3. The number of anilines is 1. The maximum Gasteiger partial charge on any atom is 0.310 e. The van der Waals surface area contributed by atoms with Crippen LogP contribution in [0.15, 0.2) is 18.2 Å². The summed E-state index contributed by atoms with van der Waals surface area (Å²) in [7, 11) is 2.10. The van der Waals surface area contributed by atoms with Gasteiger partial charge in [-0.3, -0.25) is 10.1 Å². The van der Waals surface area contributed by atoms with Gasteiger partial charge >= 0.3 is 5.69 Å². The van der Waals surface area contributed by atoms with E-state index >= 15 is 0 Å². The molecule has 1 unspecified atom stereocenters. The number of nitro benzene ring substituents is 1. The van der Waals surface area contributed by atoms with Gasteiger partial charge in [-0.25, -0.2) is 0 Å². The van der Waals surface area contributed by atoms with Crippen molar-refractivity contribution in [3.8, 4) is 0 Å². The lowest BCUT2D eigenvalue weighted by Gasteiger charge is -2.31. The molecular formula is C14H20ClN3O2. The van der Waals surface area contributed by atoms with E-state index in [0.717, 1.165) is 32.5 Å². The summed E-state index contributed by atoms with van der Waals surface area (Å²) in [5.41, 5.74) is 0.668. The largest absolute Gasteiger partial charge is 0.362 e. The minimum absolute atomic E-state index is 0.0252. The van der Waals surface area contributed by atoms with Gasteiger partial charge in [-0.15, -0.1) is 0 Å². The summed E-state index contributed by atoms with van der Waals surface area (Å²) in [5.74, 6) is 0. The minimum Gasteiger partial charge on any atom is -0.362 e. The van der Waals surface area contributed by atoms with Crippen molar-refractivity contribution in [2.45, 2.75) is 25.8 Å². The van der Waals surface area contributed by atoms with E-state index in [1.54, 1.807) is 18.2 Å². The van der Waals surface area contributed by atoms with Gasteiger partial charge in [0.2, 0.25) is 0 Å². The maximum absolute atomic E-state index is 11.3. The van der Waals surface area contributed by atoms with Crippen LogP contribution in [0.2, 0.25) is 5.02 Å². The third kappa shape index (κ3) is 3.04. The number of hydrogen-bond acceptors (Lipinski definition) is 4. The number of para-hydroxylation sites is 1. The molecule has 0 amide bonds. The molecule has 0 spiro atoms. The Balaban J connectivity index is 2.43. The fourth-order valence-electron chi connectivity index (χ4n) is 2.83. The summed E-state index contributed by atoms with van der Waals surface area (Å²) in [4.78, 5) is 15.4. The second kappa shape index (κ2) is 6.41. The van der Waals surface area contributed by atoms with Gasteiger partial charge in [0, 0.05) is 19.1 Å². The zero-order valence-corrected chi connectivity index (χ0v) is 12.6. The summed E-state index contributed by atoms with van der Waals surface area (Å²) in [6, 6.07) is 5.44. The second-order valence-electron chi connectivity index (χ2n) is 5.24. The van der Waals surface area contributed by atoms with Crippen LogP contribution in [-0.2, 0) is 0 Å². The van der Waals surface area contributed by atoms with Crippen LogP contribution in [0.5, 0.6) is 0 Å².